The average Bonchev–Trinajstić information content (AvgIpc) is 2.62. The molecule has 0 N–H and O–H groups in total. The number of rotatable bonds is 5. The fourth-order valence-corrected chi connectivity index (χ4v) is 3.91. The Balaban J connectivity index is 1.93. The van der Waals surface area contributed by atoms with E-state index in [1.54, 1.807) is 6.92 Å². The molecular formula is C18H25BrN2O3. The number of nitrogens with zero attached hydrogens (tertiary/aromatic N) is 2. The first kappa shape index (κ1) is 18.0. The monoisotopic (exact) mass is 396 g/mol. The van der Waals surface area contributed by atoms with Crippen molar-refractivity contribution in [2.24, 2.45) is 0 Å². The van der Waals surface area contributed by atoms with E-state index in [1.807, 2.05) is 0 Å². The lowest BCUT2D eigenvalue weighted by Gasteiger charge is -2.43. The summed E-state index contributed by atoms with van der Waals surface area (Å²) in [5.74, 6) is 0.219. The van der Waals surface area contributed by atoms with Gasteiger partial charge in [0.05, 0.1) is 38.5 Å². The van der Waals surface area contributed by atoms with Gasteiger partial charge in [0.2, 0.25) is 0 Å². The Morgan fingerprint density at radius 1 is 0.958 bits per heavy atom. The van der Waals surface area contributed by atoms with Crippen molar-refractivity contribution in [1.82, 2.24) is 9.80 Å². The highest BCUT2D eigenvalue weighted by Crippen LogP contribution is 2.30. The lowest BCUT2D eigenvalue weighted by molar-refractivity contribution is -0.128. The Labute approximate surface area is 152 Å². The van der Waals surface area contributed by atoms with Gasteiger partial charge in [0.1, 0.15) is 5.78 Å². The summed E-state index contributed by atoms with van der Waals surface area (Å²) >= 11 is 3.51. The van der Waals surface area contributed by atoms with Crippen LogP contribution in [0.3, 0.4) is 0 Å². The number of hydrogen-bond acceptors (Lipinski definition) is 5. The average molecular weight is 397 g/mol. The number of benzene rings is 1. The molecule has 1 aromatic rings. The topological polar surface area (TPSA) is 42.0 Å². The molecule has 2 heterocycles. The molecule has 5 nitrogen and oxygen atoms in total. The zero-order chi connectivity index (χ0) is 16.9. The van der Waals surface area contributed by atoms with E-state index in [9.17, 15) is 4.79 Å². The van der Waals surface area contributed by atoms with Gasteiger partial charge in [-0.1, -0.05) is 28.1 Å². The minimum Gasteiger partial charge on any atom is -0.379 e. The van der Waals surface area contributed by atoms with Crippen molar-refractivity contribution >= 4 is 21.7 Å². The van der Waals surface area contributed by atoms with E-state index < -0.39 is 0 Å². The van der Waals surface area contributed by atoms with E-state index >= 15 is 0 Å². The van der Waals surface area contributed by atoms with Gasteiger partial charge in [0.25, 0.3) is 0 Å². The molecule has 0 saturated carbocycles. The van der Waals surface area contributed by atoms with Crippen LogP contribution in [0, 0.1) is 0 Å². The maximum absolute atomic E-state index is 12.6. The third-order valence-electron chi connectivity index (χ3n) is 4.81. The minimum atomic E-state index is -0.145. The highest BCUT2D eigenvalue weighted by atomic mass is 79.9. The van der Waals surface area contributed by atoms with Gasteiger partial charge in [-0.2, -0.15) is 0 Å². The van der Waals surface area contributed by atoms with Gasteiger partial charge >= 0.3 is 0 Å². The summed E-state index contributed by atoms with van der Waals surface area (Å²) in [6.45, 7) is 7.88. The van der Waals surface area contributed by atoms with Crippen LogP contribution in [0.1, 0.15) is 18.5 Å². The van der Waals surface area contributed by atoms with Crippen molar-refractivity contribution in [3.63, 3.8) is 0 Å². The van der Waals surface area contributed by atoms with Gasteiger partial charge in [-0.05, 0) is 24.6 Å². The number of ether oxygens (including phenoxy) is 2. The standard InChI is InChI=1S/C18H25BrN2O3/c1-14(22)17(20-6-10-23-11-7-20)18(21-8-12-24-13-9-21)15-2-4-16(19)5-3-15/h2-5,17-18H,6-13H2,1H3/t17-,18+/m0/s1. The number of morpholine rings is 2. The molecule has 0 aromatic heterocycles. The maximum atomic E-state index is 12.6. The van der Waals surface area contributed by atoms with Crippen LogP contribution < -0.4 is 0 Å². The lowest BCUT2D eigenvalue weighted by Crippen LogP contribution is -2.55. The quantitative estimate of drug-likeness (QED) is 0.762. The molecule has 0 amide bonds. The Kier molecular flexibility index (Phi) is 6.41. The Hall–Kier alpha value is -0.790. The van der Waals surface area contributed by atoms with Crippen LogP contribution in [0.4, 0.5) is 0 Å². The van der Waals surface area contributed by atoms with Gasteiger partial charge < -0.3 is 9.47 Å². The molecule has 2 atom stereocenters. The van der Waals surface area contributed by atoms with Crippen LogP contribution in [-0.4, -0.2) is 74.2 Å². The second-order valence-electron chi connectivity index (χ2n) is 6.35. The molecule has 132 valence electrons. The van der Waals surface area contributed by atoms with E-state index in [1.165, 1.54) is 5.56 Å². The summed E-state index contributed by atoms with van der Waals surface area (Å²) in [5, 5.41) is 0. The van der Waals surface area contributed by atoms with E-state index in [4.69, 9.17) is 9.47 Å². The predicted octanol–water partition coefficient (Wildman–Crippen LogP) is 2.11. The minimum absolute atomic E-state index is 0.0533. The number of halogens is 1. The Morgan fingerprint density at radius 3 is 1.96 bits per heavy atom. The first-order valence-electron chi connectivity index (χ1n) is 8.56. The van der Waals surface area contributed by atoms with E-state index in [0.29, 0.717) is 13.2 Å². The van der Waals surface area contributed by atoms with Crippen molar-refractivity contribution in [3.05, 3.63) is 34.3 Å². The number of carbonyl (C=O) groups excluding carboxylic acids is 1. The van der Waals surface area contributed by atoms with Gasteiger partial charge in [0.15, 0.2) is 0 Å². The molecule has 2 aliphatic heterocycles. The summed E-state index contributed by atoms with van der Waals surface area (Å²) < 4.78 is 12.1. The second-order valence-corrected chi connectivity index (χ2v) is 7.26. The van der Waals surface area contributed by atoms with Crippen LogP contribution in [0.2, 0.25) is 0 Å². The lowest BCUT2D eigenvalue weighted by atomic mass is 9.93. The molecule has 0 bridgehead atoms. The van der Waals surface area contributed by atoms with Crippen LogP contribution in [0.5, 0.6) is 0 Å². The zero-order valence-electron chi connectivity index (χ0n) is 14.1. The van der Waals surface area contributed by atoms with Crippen LogP contribution >= 0.6 is 15.9 Å². The third-order valence-corrected chi connectivity index (χ3v) is 5.33. The zero-order valence-corrected chi connectivity index (χ0v) is 15.7. The highest BCUT2D eigenvalue weighted by molar-refractivity contribution is 9.10. The molecule has 1 aromatic carbocycles. The molecule has 2 saturated heterocycles. The van der Waals surface area contributed by atoms with Gasteiger partial charge in [0, 0.05) is 30.7 Å². The highest BCUT2D eigenvalue weighted by Gasteiger charge is 2.37. The third kappa shape index (κ3) is 4.24. The van der Waals surface area contributed by atoms with Crippen LogP contribution in [-0.2, 0) is 14.3 Å². The number of carbonyl (C=O) groups is 1. The Morgan fingerprint density at radius 2 is 1.46 bits per heavy atom. The molecule has 2 fully saturated rings. The van der Waals surface area contributed by atoms with E-state index in [2.05, 4.69) is 50.0 Å². The fourth-order valence-electron chi connectivity index (χ4n) is 3.64. The summed E-state index contributed by atoms with van der Waals surface area (Å²) in [5.41, 5.74) is 1.19. The van der Waals surface area contributed by atoms with Crippen molar-refractivity contribution in [2.45, 2.75) is 19.0 Å². The van der Waals surface area contributed by atoms with Crippen LogP contribution in [0.25, 0.3) is 0 Å². The first-order valence-corrected chi connectivity index (χ1v) is 9.35. The number of ketones is 1. The van der Waals surface area contributed by atoms with E-state index in [0.717, 1.165) is 43.9 Å². The molecule has 0 spiro atoms. The van der Waals surface area contributed by atoms with Crippen molar-refractivity contribution < 1.29 is 14.3 Å². The molecule has 2 aliphatic rings. The van der Waals surface area contributed by atoms with Crippen molar-refractivity contribution in [1.29, 1.82) is 0 Å². The molecule has 0 unspecified atom stereocenters. The summed E-state index contributed by atoms with van der Waals surface area (Å²) in [4.78, 5) is 17.3. The molecular weight excluding hydrogens is 372 g/mol. The molecule has 6 heteroatoms. The molecule has 0 radical (unpaired) electrons. The first-order chi connectivity index (χ1) is 11.7. The Bertz CT molecular complexity index is 540. The molecule has 24 heavy (non-hydrogen) atoms. The fraction of sp³-hybridized carbons (Fsp3) is 0.611. The normalized spacial score (nSPS) is 22.9. The van der Waals surface area contributed by atoms with E-state index in [-0.39, 0.29) is 17.9 Å². The van der Waals surface area contributed by atoms with Gasteiger partial charge in [-0.3, -0.25) is 14.6 Å². The summed E-state index contributed by atoms with van der Waals surface area (Å²) in [6.07, 6.45) is 0. The number of Topliss-reactive ketones (excluding diaryl/α,β-unsaturated/α-hetero) is 1. The predicted molar refractivity (Wildman–Crippen MR) is 96.1 cm³/mol. The van der Waals surface area contributed by atoms with Crippen LogP contribution in [0.15, 0.2) is 28.7 Å². The van der Waals surface area contributed by atoms with Crippen molar-refractivity contribution in [2.75, 3.05) is 52.6 Å². The molecule has 0 aliphatic carbocycles. The number of hydrogen-bond donors (Lipinski definition) is 0. The summed E-state index contributed by atoms with van der Waals surface area (Å²) in [7, 11) is 0. The largest absolute Gasteiger partial charge is 0.379 e. The summed E-state index contributed by atoms with van der Waals surface area (Å²) in [6, 6.07) is 8.27. The second kappa shape index (κ2) is 8.54. The maximum Gasteiger partial charge on any atom is 0.148 e. The SMILES string of the molecule is CC(=O)[C@@H]([C@@H](c1ccc(Br)cc1)N1CCOCC1)N1CCOCC1. The van der Waals surface area contributed by atoms with Gasteiger partial charge in [-0.15, -0.1) is 0 Å². The van der Waals surface area contributed by atoms with Gasteiger partial charge in [-0.25, -0.2) is 0 Å². The molecule has 3 rings (SSSR count). The smallest absolute Gasteiger partial charge is 0.148 e. The van der Waals surface area contributed by atoms with Crippen molar-refractivity contribution in [3.8, 4) is 0 Å².